The summed E-state index contributed by atoms with van der Waals surface area (Å²) in [5, 5.41) is 3.06. The predicted molar refractivity (Wildman–Crippen MR) is 112 cm³/mol. The zero-order chi connectivity index (χ0) is 20.8. The number of hydrogen-bond donors (Lipinski definition) is 1. The second-order valence-electron chi connectivity index (χ2n) is 9.50. The summed E-state index contributed by atoms with van der Waals surface area (Å²) in [4.78, 5) is 26.5. The van der Waals surface area contributed by atoms with Gasteiger partial charge in [0.2, 0.25) is 5.91 Å². The van der Waals surface area contributed by atoms with E-state index >= 15 is 0 Å². The summed E-state index contributed by atoms with van der Waals surface area (Å²) >= 11 is 0. The largest absolute Gasteiger partial charge is 0.444 e. The summed E-state index contributed by atoms with van der Waals surface area (Å²) in [7, 11) is 0. The van der Waals surface area contributed by atoms with Crippen molar-refractivity contribution in [1.29, 1.82) is 0 Å². The van der Waals surface area contributed by atoms with Crippen LogP contribution in [0.5, 0.6) is 0 Å². The summed E-state index contributed by atoms with van der Waals surface area (Å²) in [5.41, 5.74) is 0.512. The Balaban J connectivity index is 1.75. The van der Waals surface area contributed by atoms with Gasteiger partial charge in [0.15, 0.2) is 0 Å². The number of benzene rings is 1. The van der Waals surface area contributed by atoms with Gasteiger partial charge >= 0.3 is 6.09 Å². The van der Waals surface area contributed by atoms with Crippen LogP contribution in [0.3, 0.4) is 0 Å². The molecule has 5 nitrogen and oxygen atoms in total. The molecule has 0 radical (unpaired) electrons. The molecule has 0 aliphatic carbocycles. The lowest BCUT2D eigenvalue weighted by Crippen LogP contribution is -2.43. The molecule has 1 aliphatic heterocycles. The number of rotatable bonds is 6. The van der Waals surface area contributed by atoms with Gasteiger partial charge in [0.05, 0.1) is 0 Å². The lowest BCUT2D eigenvalue weighted by molar-refractivity contribution is -0.122. The van der Waals surface area contributed by atoms with Crippen LogP contribution < -0.4 is 5.32 Å². The van der Waals surface area contributed by atoms with Crippen LogP contribution >= 0.6 is 0 Å². The highest BCUT2D eigenvalue weighted by molar-refractivity contribution is 5.77. The second kappa shape index (κ2) is 9.44. The zero-order valence-corrected chi connectivity index (χ0v) is 18.1. The number of carbonyl (C=O) groups is 2. The minimum absolute atomic E-state index is 0.0775. The standard InChI is InChI=1S/C23H36N2O3/c1-22(2,3)28-21(27)25-15-9-10-18(17-25)13-14-24-20(26)16-23(4,5)19-11-7-6-8-12-19/h6-8,11-12,18H,9-10,13-17H2,1-5H3,(H,24,26). The van der Waals surface area contributed by atoms with Crippen LogP contribution in [0.15, 0.2) is 30.3 Å². The third-order valence-electron chi connectivity index (χ3n) is 5.20. The van der Waals surface area contributed by atoms with Gasteiger partial charge in [-0.15, -0.1) is 0 Å². The number of carbonyl (C=O) groups excluding carboxylic acids is 2. The van der Waals surface area contributed by atoms with Crippen molar-refractivity contribution in [3.63, 3.8) is 0 Å². The van der Waals surface area contributed by atoms with E-state index < -0.39 is 5.60 Å². The van der Waals surface area contributed by atoms with E-state index in [1.807, 2.05) is 39.0 Å². The first kappa shape index (κ1) is 22.3. The van der Waals surface area contributed by atoms with E-state index in [9.17, 15) is 9.59 Å². The molecule has 1 unspecified atom stereocenters. The Labute approximate surface area is 169 Å². The summed E-state index contributed by atoms with van der Waals surface area (Å²) in [6.45, 7) is 12.0. The molecule has 1 aromatic carbocycles. The van der Waals surface area contributed by atoms with Crippen molar-refractivity contribution in [2.45, 2.75) is 71.3 Å². The Bertz CT molecular complexity index is 650. The minimum atomic E-state index is -0.469. The number of ether oxygens (including phenoxy) is 1. The molecule has 28 heavy (non-hydrogen) atoms. The van der Waals surface area contributed by atoms with Crippen molar-refractivity contribution in [3.8, 4) is 0 Å². The molecule has 1 saturated heterocycles. The molecule has 5 heteroatoms. The fourth-order valence-electron chi connectivity index (χ4n) is 3.66. The molecule has 1 N–H and O–H groups in total. The maximum atomic E-state index is 12.4. The lowest BCUT2D eigenvalue weighted by atomic mass is 9.81. The maximum Gasteiger partial charge on any atom is 0.410 e. The molecule has 1 aromatic rings. The summed E-state index contributed by atoms with van der Waals surface area (Å²) in [6, 6.07) is 10.1. The molecule has 0 saturated carbocycles. The summed E-state index contributed by atoms with van der Waals surface area (Å²) in [6.07, 6.45) is 3.19. The molecule has 156 valence electrons. The van der Waals surface area contributed by atoms with E-state index in [4.69, 9.17) is 4.74 Å². The normalized spacial score (nSPS) is 17.9. The third kappa shape index (κ3) is 7.17. The Hall–Kier alpha value is -2.04. The molecule has 1 atom stereocenters. The molecule has 2 rings (SSSR count). The first-order valence-electron chi connectivity index (χ1n) is 10.4. The SMILES string of the molecule is CC(C)(C)OC(=O)N1CCCC(CCNC(=O)CC(C)(C)c2ccccc2)C1. The summed E-state index contributed by atoms with van der Waals surface area (Å²) < 4.78 is 5.48. The monoisotopic (exact) mass is 388 g/mol. The van der Waals surface area contributed by atoms with Gasteiger partial charge in [-0.3, -0.25) is 4.79 Å². The number of piperidine rings is 1. The van der Waals surface area contributed by atoms with Crippen LogP contribution in [0.25, 0.3) is 0 Å². The van der Waals surface area contributed by atoms with Gasteiger partial charge in [-0.1, -0.05) is 44.2 Å². The van der Waals surface area contributed by atoms with Crippen LogP contribution in [0.1, 0.15) is 65.9 Å². The molecule has 1 fully saturated rings. The van der Waals surface area contributed by atoms with E-state index in [-0.39, 0.29) is 17.4 Å². The van der Waals surface area contributed by atoms with Gasteiger partial charge in [0.25, 0.3) is 0 Å². The first-order valence-corrected chi connectivity index (χ1v) is 10.4. The Kier molecular flexibility index (Phi) is 7.50. The minimum Gasteiger partial charge on any atom is -0.444 e. The van der Waals surface area contributed by atoms with E-state index in [0.29, 0.717) is 25.4 Å². The first-order chi connectivity index (χ1) is 13.1. The van der Waals surface area contributed by atoms with Gasteiger partial charge in [-0.05, 0) is 56.9 Å². The van der Waals surface area contributed by atoms with Crippen LogP contribution in [-0.4, -0.2) is 42.1 Å². The average molecular weight is 389 g/mol. The molecular formula is C23H36N2O3. The fraction of sp³-hybridized carbons (Fsp3) is 0.652. The van der Waals surface area contributed by atoms with Gasteiger partial charge in [-0.25, -0.2) is 4.79 Å². The lowest BCUT2D eigenvalue weighted by Gasteiger charge is -2.34. The molecular weight excluding hydrogens is 352 g/mol. The molecule has 2 amide bonds. The maximum absolute atomic E-state index is 12.4. The van der Waals surface area contributed by atoms with Gasteiger partial charge in [0, 0.05) is 26.1 Å². The predicted octanol–water partition coefficient (Wildman–Crippen LogP) is 4.51. The number of hydrogen-bond acceptors (Lipinski definition) is 3. The highest BCUT2D eigenvalue weighted by atomic mass is 16.6. The zero-order valence-electron chi connectivity index (χ0n) is 18.1. The Morgan fingerprint density at radius 1 is 1.14 bits per heavy atom. The van der Waals surface area contributed by atoms with Crippen molar-refractivity contribution < 1.29 is 14.3 Å². The smallest absolute Gasteiger partial charge is 0.410 e. The van der Waals surface area contributed by atoms with Crippen molar-refractivity contribution in [2.24, 2.45) is 5.92 Å². The Morgan fingerprint density at radius 3 is 2.46 bits per heavy atom. The molecule has 1 aliphatic rings. The quantitative estimate of drug-likeness (QED) is 0.780. The summed E-state index contributed by atoms with van der Waals surface area (Å²) in [5.74, 6) is 0.484. The van der Waals surface area contributed by atoms with E-state index in [2.05, 4.69) is 31.3 Å². The number of likely N-dealkylation sites (tertiary alicyclic amines) is 1. The topological polar surface area (TPSA) is 58.6 Å². The Morgan fingerprint density at radius 2 is 1.82 bits per heavy atom. The van der Waals surface area contributed by atoms with E-state index in [1.54, 1.807) is 4.90 Å². The van der Waals surface area contributed by atoms with Gasteiger partial charge in [0.1, 0.15) is 5.60 Å². The number of nitrogens with zero attached hydrogens (tertiary/aromatic N) is 1. The highest BCUT2D eigenvalue weighted by Crippen LogP contribution is 2.26. The molecule has 0 spiro atoms. The van der Waals surface area contributed by atoms with Crippen molar-refractivity contribution in [2.75, 3.05) is 19.6 Å². The fourth-order valence-corrected chi connectivity index (χ4v) is 3.66. The van der Waals surface area contributed by atoms with Crippen LogP contribution in [0.2, 0.25) is 0 Å². The number of nitrogens with one attached hydrogen (secondary N) is 1. The average Bonchev–Trinajstić information content (AvgIpc) is 2.61. The van der Waals surface area contributed by atoms with Gasteiger partial charge in [-0.2, -0.15) is 0 Å². The van der Waals surface area contributed by atoms with Crippen molar-refractivity contribution in [1.82, 2.24) is 10.2 Å². The van der Waals surface area contributed by atoms with Crippen LogP contribution in [0.4, 0.5) is 4.79 Å². The van der Waals surface area contributed by atoms with Gasteiger partial charge < -0.3 is 15.0 Å². The van der Waals surface area contributed by atoms with Crippen LogP contribution in [0, 0.1) is 5.92 Å². The van der Waals surface area contributed by atoms with E-state index in [1.165, 1.54) is 5.56 Å². The third-order valence-corrected chi connectivity index (χ3v) is 5.20. The van der Waals surface area contributed by atoms with E-state index in [0.717, 1.165) is 25.8 Å². The molecule has 0 bridgehead atoms. The molecule has 1 heterocycles. The van der Waals surface area contributed by atoms with Crippen molar-refractivity contribution >= 4 is 12.0 Å². The second-order valence-corrected chi connectivity index (χ2v) is 9.50. The van der Waals surface area contributed by atoms with Crippen molar-refractivity contribution in [3.05, 3.63) is 35.9 Å². The van der Waals surface area contributed by atoms with Crippen LogP contribution in [-0.2, 0) is 14.9 Å². The number of amides is 2. The highest BCUT2D eigenvalue weighted by Gasteiger charge is 2.28. The molecule has 0 aromatic heterocycles.